The Balaban J connectivity index is 3.79. The molecule has 2 unspecified atom stereocenters. The molecule has 4 nitrogen and oxygen atoms in total. The van der Waals surface area contributed by atoms with Gasteiger partial charge in [-0.3, -0.25) is 9.69 Å². The van der Waals surface area contributed by atoms with E-state index >= 15 is 0 Å². The van der Waals surface area contributed by atoms with Crippen molar-refractivity contribution in [2.24, 2.45) is 0 Å². The van der Waals surface area contributed by atoms with Gasteiger partial charge in [0.15, 0.2) is 0 Å². The Hall–Kier alpha value is -0.610. The molecule has 0 fully saturated rings. The third kappa shape index (κ3) is 6.80. The highest BCUT2D eigenvalue weighted by molar-refractivity contribution is 5.81. The SMILES string of the molecule is CCCCCNC(=O)C(C)N(C)CC(C)O. The van der Waals surface area contributed by atoms with Gasteiger partial charge in [0.1, 0.15) is 0 Å². The quantitative estimate of drug-likeness (QED) is 0.612. The van der Waals surface area contributed by atoms with E-state index in [1.807, 2.05) is 18.9 Å². The molecular formula is C12H26N2O2. The Morgan fingerprint density at radius 1 is 1.38 bits per heavy atom. The van der Waals surface area contributed by atoms with E-state index < -0.39 is 6.10 Å². The highest BCUT2D eigenvalue weighted by atomic mass is 16.3. The minimum absolute atomic E-state index is 0.0410. The van der Waals surface area contributed by atoms with Crippen molar-refractivity contribution in [2.75, 3.05) is 20.1 Å². The van der Waals surface area contributed by atoms with Crippen molar-refractivity contribution in [3.05, 3.63) is 0 Å². The Kier molecular flexibility index (Phi) is 8.21. The fourth-order valence-electron chi connectivity index (χ4n) is 1.51. The first-order valence-electron chi connectivity index (χ1n) is 6.15. The average Bonchev–Trinajstić information content (AvgIpc) is 2.22. The van der Waals surface area contributed by atoms with Crippen molar-refractivity contribution < 1.29 is 9.90 Å². The average molecular weight is 230 g/mol. The molecule has 4 heteroatoms. The van der Waals surface area contributed by atoms with E-state index in [-0.39, 0.29) is 11.9 Å². The number of rotatable bonds is 8. The normalized spacial score (nSPS) is 14.9. The first-order valence-corrected chi connectivity index (χ1v) is 6.15. The van der Waals surface area contributed by atoms with E-state index in [0.717, 1.165) is 25.8 Å². The number of amides is 1. The van der Waals surface area contributed by atoms with Gasteiger partial charge in [0.25, 0.3) is 0 Å². The molecule has 0 aromatic heterocycles. The molecule has 0 bridgehead atoms. The first-order chi connectivity index (χ1) is 7.49. The van der Waals surface area contributed by atoms with E-state index in [2.05, 4.69) is 12.2 Å². The fraction of sp³-hybridized carbons (Fsp3) is 0.917. The van der Waals surface area contributed by atoms with Crippen molar-refractivity contribution in [3.8, 4) is 0 Å². The first kappa shape index (κ1) is 15.4. The van der Waals surface area contributed by atoms with Crippen LogP contribution in [-0.4, -0.2) is 48.2 Å². The number of hydrogen-bond donors (Lipinski definition) is 2. The van der Waals surface area contributed by atoms with Crippen LogP contribution in [0.25, 0.3) is 0 Å². The standard InChI is InChI=1S/C12H26N2O2/c1-5-6-7-8-13-12(16)11(3)14(4)9-10(2)15/h10-11,15H,5-9H2,1-4H3,(H,13,16). The molecule has 0 saturated heterocycles. The highest BCUT2D eigenvalue weighted by Crippen LogP contribution is 1.98. The van der Waals surface area contributed by atoms with Crippen LogP contribution in [0.3, 0.4) is 0 Å². The number of likely N-dealkylation sites (N-methyl/N-ethyl adjacent to an activating group) is 1. The number of hydrogen-bond acceptors (Lipinski definition) is 3. The maximum atomic E-state index is 11.7. The molecule has 0 aromatic carbocycles. The van der Waals surface area contributed by atoms with Crippen molar-refractivity contribution >= 4 is 5.91 Å². The maximum Gasteiger partial charge on any atom is 0.237 e. The monoisotopic (exact) mass is 230 g/mol. The number of unbranched alkanes of at least 4 members (excludes halogenated alkanes) is 2. The van der Waals surface area contributed by atoms with Gasteiger partial charge in [0, 0.05) is 13.1 Å². The molecular weight excluding hydrogens is 204 g/mol. The number of nitrogens with zero attached hydrogens (tertiary/aromatic N) is 1. The molecule has 0 saturated carbocycles. The lowest BCUT2D eigenvalue weighted by atomic mass is 10.2. The molecule has 1 amide bonds. The molecule has 0 spiro atoms. The van der Waals surface area contributed by atoms with E-state index in [0.29, 0.717) is 6.54 Å². The van der Waals surface area contributed by atoms with Gasteiger partial charge >= 0.3 is 0 Å². The summed E-state index contributed by atoms with van der Waals surface area (Å²) < 4.78 is 0. The Morgan fingerprint density at radius 3 is 2.50 bits per heavy atom. The van der Waals surface area contributed by atoms with Crippen LogP contribution in [0, 0.1) is 0 Å². The smallest absolute Gasteiger partial charge is 0.237 e. The van der Waals surface area contributed by atoms with Crippen LogP contribution in [0.5, 0.6) is 0 Å². The number of carbonyl (C=O) groups is 1. The number of aliphatic hydroxyl groups is 1. The van der Waals surface area contributed by atoms with E-state index in [1.165, 1.54) is 0 Å². The van der Waals surface area contributed by atoms with Gasteiger partial charge in [-0.15, -0.1) is 0 Å². The summed E-state index contributed by atoms with van der Waals surface area (Å²) in [5.41, 5.74) is 0. The van der Waals surface area contributed by atoms with Gasteiger partial charge in [-0.05, 0) is 27.3 Å². The minimum Gasteiger partial charge on any atom is -0.392 e. The van der Waals surface area contributed by atoms with Crippen molar-refractivity contribution in [1.29, 1.82) is 0 Å². The molecule has 2 N–H and O–H groups in total. The minimum atomic E-state index is -0.402. The molecule has 96 valence electrons. The van der Waals surface area contributed by atoms with Crippen molar-refractivity contribution in [2.45, 2.75) is 52.2 Å². The summed E-state index contributed by atoms with van der Waals surface area (Å²) in [6, 6.07) is -0.184. The van der Waals surface area contributed by atoms with Crippen molar-refractivity contribution in [3.63, 3.8) is 0 Å². The predicted molar refractivity (Wildman–Crippen MR) is 66.3 cm³/mol. The third-order valence-corrected chi connectivity index (χ3v) is 2.67. The van der Waals surface area contributed by atoms with Crippen LogP contribution in [-0.2, 0) is 4.79 Å². The number of nitrogens with one attached hydrogen (secondary N) is 1. The summed E-state index contributed by atoms with van der Waals surface area (Å²) in [7, 11) is 1.85. The highest BCUT2D eigenvalue weighted by Gasteiger charge is 2.18. The van der Waals surface area contributed by atoms with Gasteiger partial charge in [0.05, 0.1) is 12.1 Å². The molecule has 0 aliphatic carbocycles. The lowest BCUT2D eigenvalue weighted by Gasteiger charge is -2.24. The summed E-state index contributed by atoms with van der Waals surface area (Å²) in [4.78, 5) is 13.6. The van der Waals surface area contributed by atoms with Crippen LogP contribution in [0.15, 0.2) is 0 Å². The Labute approximate surface area is 99.0 Å². The van der Waals surface area contributed by atoms with Gasteiger partial charge in [0.2, 0.25) is 5.91 Å². The Morgan fingerprint density at radius 2 is 2.00 bits per heavy atom. The number of carbonyl (C=O) groups excluding carboxylic acids is 1. The topological polar surface area (TPSA) is 52.6 Å². The summed E-state index contributed by atoms with van der Waals surface area (Å²) in [5.74, 6) is 0.0410. The van der Waals surface area contributed by atoms with Crippen LogP contribution in [0.2, 0.25) is 0 Å². The predicted octanol–water partition coefficient (Wildman–Crippen LogP) is 0.994. The van der Waals surface area contributed by atoms with Crippen LogP contribution in [0.4, 0.5) is 0 Å². The van der Waals surface area contributed by atoms with Crippen LogP contribution < -0.4 is 5.32 Å². The number of aliphatic hydroxyl groups excluding tert-OH is 1. The third-order valence-electron chi connectivity index (χ3n) is 2.67. The summed E-state index contributed by atoms with van der Waals surface area (Å²) in [6.45, 7) is 6.99. The van der Waals surface area contributed by atoms with Gasteiger partial charge in [-0.2, -0.15) is 0 Å². The molecule has 0 radical (unpaired) electrons. The van der Waals surface area contributed by atoms with E-state index in [4.69, 9.17) is 0 Å². The second-order valence-electron chi connectivity index (χ2n) is 4.46. The molecule has 0 aliphatic rings. The van der Waals surface area contributed by atoms with Gasteiger partial charge < -0.3 is 10.4 Å². The van der Waals surface area contributed by atoms with Crippen LogP contribution in [0.1, 0.15) is 40.0 Å². The second kappa shape index (κ2) is 8.53. The largest absolute Gasteiger partial charge is 0.392 e. The fourth-order valence-corrected chi connectivity index (χ4v) is 1.51. The zero-order chi connectivity index (χ0) is 12.6. The van der Waals surface area contributed by atoms with E-state index in [9.17, 15) is 9.90 Å². The zero-order valence-electron chi connectivity index (χ0n) is 11.0. The summed E-state index contributed by atoms with van der Waals surface area (Å²) in [5, 5.41) is 12.1. The van der Waals surface area contributed by atoms with Crippen molar-refractivity contribution in [1.82, 2.24) is 10.2 Å². The van der Waals surface area contributed by atoms with Gasteiger partial charge in [-0.1, -0.05) is 19.8 Å². The van der Waals surface area contributed by atoms with Gasteiger partial charge in [-0.25, -0.2) is 0 Å². The van der Waals surface area contributed by atoms with Crippen LogP contribution >= 0.6 is 0 Å². The second-order valence-corrected chi connectivity index (χ2v) is 4.46. The molecule has 2 atom stereocenters. The maximum absolute atomic E-state index is 11.7. The molecule has 0 aromatic rings. The Bertz CT molecular complexity index is 195. The lowest BCUT2D eigenvalue weighted by molar-refractivity contribution is -0.125. The molecule has 16 heavy (non-hydrogen) atoms. The molecule has 0 rings (SSSR count). The summed E-state index contributed by atoms with van der Waals surface area (Å²) >= 11 is 0. The van der Waals surface area contributed by atoms with E-state index in [1.54, 1.807) is 6.92 Å². The molecule has 0 heterocycles. The molecule has 0 aliphatic heterocycles. The zero-order valence-corrected chi connectivity index (χ0v) is 11.0. The summed E-state index contributed by atoms with van der Waals surface area (Å²) in [6.07, 6.45) is 2.95. The lowest BCUT2D eigenvalue weighted by Crippen LogP contribution is -2.45.